The Hall–Kier alpha value is -1.41. The van der Waals surface area contributed by atoms with Gasteiger partial charge in [-0.15, -0.1) is 0 Å². The molecule has 2 aliphatic rings. The number of piperidine rings is 1. The lowest BCUT2D eigenvalue weighted by Crippen LogP contribution is -2.43. The van der Waals surface area contributed by atoms with Crippen LogP contribution in [-0.4, -0.2) is 47.3 Å². The number of rotatable bonds is 5. The molecular weight excluding hydrogens is 316 g/mol. The monoisotopic (exact) mass is 340 g/mol. The maximum absolute atomic E-state index is 12.6. The first-order valence-electron chi connectivity index (χ1n) is 8.22. The summed E-state index contributed by atoms with van der Waals surface area (Å²) in [6.07, 6.45) is 6.40. The minimum Gasteiger partial charge on any atom is -0.353 e. The van der Waals surface area contributed by atoms with Gasteiger partial charge in [-0.1, -0.05) is 0 Å². The largest absolute Gasteiger partial charge is 0.353 e. The molecule has 7 nitrogen and oxygen atoms in total. The highest BCUT2D eigenvalue weighted by atomic mass is 32.2. The number of hydrogen-bond acceptors (Lipinski definition) is 4. The number of hydrogen-bond donors (Lipinski definition) is 1. The molecule has 1 N–H and O–H groups in total. The molecular formula is C15H24N4O3S. The highest BCUT2D eigenvalue weighted by Gasteiger charge is 2.34. The molecule has 128 valence electrons. The highest BCUT2D eigenvalue weighted by molar-refractivity contribution is 7.89. The van der Waals surface area contributed by atoms with Crippen LogP contribution in [0.1, 0.15) is 45.6 Å². The Morgan fingerprint density at radius 1 is 1.26 bits per heavy atom. The van der Waals surface area contributed by atoms with Crippen molar-refractivity contribution in [2.45, 2.75) is 56.6 Å². The highest BCUT2D eigenvalue weighted by Crippen LogP contribution is 2.25. The van der Waals surface area contributed by atoms with E-state index in [1.165, 1.54) is 4.31 Å². The van der Waals surface area contributed by atoms with Crippen molar-refractivity contribution in [1.29, 1.82) is 0 Å². The molecule has 2 fully saturated rings. The Morgan fingerprint density at radius 2 is 1.91 bits per heavy atom. The predicted molar refractivity (Wildman–Crippen MR) is 85.3 cm³/mol. The van der Waals surface area contributed by atoms with Gasteiger partial charge < -0.3 is 9.88 Å². The van der Waals surface area contributed by atoms with E-state index >= 15 is 0 Å². The average molecular weight is 340 g/mol. The number of carbonyl (C=O) groups is 1. The summed E-state index contributed by atoms with van der Waals surface area (Å²) in [5.74, 6) is 0.00362. The van der Waals surface area contributed by atoms with Gasteiger partial charge in [0.15, 0.2) is 5.03 Å². The lowest BCUT2D eigenvalue weighted by atomic mass is 9.97. The SMILES string of the molecule is CC(C)n1cnc(S(=O)(=O)N2CCC(C(=O)NC3CC3)CC2)c1. The van der Waals surface area contributed by atoms with Gasteiger partial charge in [-0.3, -0.25) is 4.79 Å². The maximum Gasteiger partial charge on any atom is 0.262 e. The molecule has 1 aromatic rings. The van der Waals surface area contributed by atoms with Crippen LogP contribution in [0.3, 0.4) is 0 Å². The molecule has 3 rings (SSSR count). The summed E-state index contributed by atoms with van der Waals surface area (Å²) in [6, 6.07) is 0.521. The first-order chi connectivity index (χ1) is 10.9. The minimum atomic E-state index is -3.56. The molecule has 8 heteroatoms. The standard InChI is InChI=1S/C15H24N4O3S/c1-11(2)18-9-14(16-10-18)23(21,22)19-7-5-12(6-8-19)15(20)17-13-3-4-13/h9-13H,3-8H2,1-2H3,(H,17,20). The number of amides is 1. The Kier molecular flexibility index (Phi) is 4.46. The van der Waals surface area contributed by atoms with Crippen LogP contribution in [0.4, 0.5) is 0 Å². The fourth-order valence-corrected chi connectivity index (χ4v) is 4.16. The second-order valence-corrected chi connectivity index (χ2v) is 8.60. The Bertz CT molecular complexity index is 671. The fraction of sp³-hybridized carbons (Fsp3) is 0.733. The third kappa shape index (κ3) is 3.58. The second-order valence-electron chi connectivity index (χ2n) is 6.71. The van der Waals surface area contributed by atoms with Gasteiger partial charge in [0.05, 0.1) is 6.33 Å². The van der Waals surface area contributed by atoms with Crippen LogP contribution >= 0.6 is 0 Å². The zero-order valence-corrected chi connectivity index (χ0v) is 14.4. The van der Waals surface area contributed by atoms with Gasteiger partial charge in [0.25, 0.3) is 10.0 Å². The zero-order valence-electron chi connectivity index (χ0n) is 13.6. The third-order valence-electron chi connectivity index (χ3n) is 4.53. The Morgan fingerprint density at radius 3 is 2.43 bits per heavy atom. The van der Waals surface area contributed by atoms with Crippen molar-refractivity contribution in [3.8, 4) is 0 Å². The van der Waals surface area contributed by atoms with Crippen molar-refractivity contribution in [3.05, 3.63) is 12.5 Å². The van der Waals surface area contributed by atoms with Crippen LogP contribution in [0, 0.1) is 5.92 Å². The molecule has 1 amide bonds. The molecule has 1 saturated carbocycles. The molecule has 1 saturated heterocycles. The van der Waals surface area contributed by atoms with Crippen LogP contribution in [0.2, 0.25) is 0 Å². The molecule has 1 aliphatic carbocycles. The van der Waals surface area contributed by atoms with E-state index < -0.39 is 10.0 Å². The Balaban J connectivity index is 1.62. The first-order valence-corrected chi connectivity index (χ1v) is 9.66. The van der Waals surface area contributed by atoms with E-state index in [4.69, 9.17) is 0 Å². The van der Waals surface area contributed by atoms with Gasteiger partial charge in [-0.25, -0.2) is 13.4 Å². The van der Waals surface area contributed by atoms with Crippen molar-refractivity contribution >= 4 is 15.9 Å². The van der Waals surface area contributed by atoms with Crippen molar-refractivity contribution < 1.29 is 13.2 Å². The van der Waals surface area contributed by atoms with Crippen LogP contribution in [-0.2, 0) is 14.8 Å². The molecule has 0 radical (unpaired) electrons. The molecule has 0 bridgehead atoms. The van der Waals surface area contributed by atoms with E-state index in [1.807, 2.05) is 13.8 Å². The quantitative estimate of drug-likeness (QED) is 0.871. The van der Waals surface area contributed by atoms with E-state index in [-0.39, 0.29) is 22.9 Å². The normalized spacial score (nSPS) is 20.8. The minimum absolute atomic E-state index is 0.0738. The van der Waals surface area contributed by atoms with Crippen molar-refractivity contribution in [1.82, 2.24) is 19.2 Å². The van der Waals surface area contributed by atoms with Crippen molar-refractivity contribution in [2.24, 2.45) is 5.92 Å². The second kappa shape index (κ2) is 6.24. The van der Waals surface area contributed by atoms with Gasteiger partial charge >= 0.3 is 0 Å². The van der Waals surface area contributed by atoms with E-state index in [0.29, 0.717) is 32.0 Å². The average Bonchev–Trinajstić information content (AvgIpc) is 3.17. The van der Waals surface area contributed by atoms with Gasteiger partial charge in [0, 0.05) is 37.3 Å². The molecule has 0 unspecified atom stereocenters. The van der Waals surface area contributed by atoms with Gasteiger partial charge in [-0.2, -0.15) is 4.31 Å². The van der Waals surface area contributed by atoms with Crippen LogP contribution in [0.25, 0.3) is 0 Å². The number of carbonyl (C=O) groups excluding carboxylic acids is 1. The van der Waals surface area contributed by atoms with E-state index in [1.54, 1.807) is 17.1 Å². The summed E-state index contributed by atoms with van der Waals surface area (Å²) in [5.41, 5.74) is 0. The summed E-state index contributed by atoms with van der Waals surface area (Å²) >= 11 is 0. The predicted octanol–water partition coefficient (Wildman–Crippen LogP) is 1.14. The molecule has 2 heterocycles. The van der Waals surface area contributed by atoms with Gasteiger partial charge in [0.2, 0.25) is 5.91 Å². The van der Waals surface area contributed by atoms with E-state index in [9.17, 15) is 13.2 Å². The Labute approximate surface area is 137 Å². The summed E-state index contributed by atoms with van der Waals surface area (Å²) in [4.78, 5) is 16.1. The van der Waals surface area contributed by atoms with Crippen LogP contribution in [0.5, 0.6) is 0 Å². The van der Waals surface area contributed by atoms with Crippen LogP contribution in [0.15, 0.2) is 17.6 Å². The lowest BCUT2D eigenvalue weighted by molar-refractivity contribution is -0.126. The summed E-state index contributed by atoms with van der Waals surface area (Å²) in [5, 5.41) is 3.09. The molecule has 1 aliphatic heterocycles. The van der Waals surface area contributed by atoms with Crippen LogP contribution < -0.4 is 5.32 Å². The molecule has 23 heavy (non-hydrogen) atoms. The zero-order chi connectivity index (χ0) is 16.6. The smallest absolute Gasteiger partial charge is 0.262 e. The third-order valence-corrected chi connectivity index (χ3v) is 6.31. The summed E-state index contributed by atoms with van der Waals surface area (Å²) < 4.78 is 28.5. The number of aromatic nitrogens is 2. The summed E-state index contributed by atoms with van der Waals surface area (Å²) in [7, 11) is -3.56. The van der Waals surface area contributed by atoms with Gasteiger partial charge in [-0.05, 0) is 39.5 Å². The topological polar surface area (TPSA) is 84.3 Å². The summed E-state index contributed by atoms with van der Waals surface area (Å²) in [6.45, 7) is 4.70. The fourth-order valence-electron chi connectivity index (χ4n) is 2.77. The van der Waals surface area contributed by atoms with Crippen molar-refractivity contribution in [2.75, 3.05) is 13.1 Å². The number of nitrogens with zero attached hydrogens (tertiary/aromatic N) is 3. The van der Waals surface area contributed by atoms with Crippen molar-refractivity contribution in [3.63, 3.8) is 0 Å². The number of nitrogens with one attached hydrogen (secondary N) is 1. The lowest BCUT2D eigenvalue weighted by Gasteiger charge is -2.29. The number of imidazole rings is 1. The van der Waals surface area contributed by atoms with E-state index in [0.717, 1.165) is 12.8 Å². The van der Waals surface area contributed by atoms with E-state index in [2.05, 4.69) is 10.3 Å². The molecule has 0 atom stereocenters. The van der Waals surface area contributed by atoms with Gasteiger partial charge in [0.1, 0.15) is 0 Å². The molecule has 0 spiro atoms. The molecule has 0 aromatic carbocycles. The maximum atomic E-state index is 12.6. The number of sulfonamides is 1. The first kappa shape index (κ1) is 16.4. The molecule has 1 aromatic heterocycles.